The van der Waals surface area contributed by atoms with Gasteiger partial charge in [-0.3, -0.25) is 0 Å². The molecule has 17 heavy (non-hydrogen) atoms. The molecule has 0 spiro atoms. The molecule has 0 aliphatic carbocycles. The van der Waals surface area contributed by atoms with E-state index in [2.05, 4.69) is 0 Å². The summed E-state index contributed by atoms with van der Waals surface area (Å²) in [4.78, 5) is 11.7. The number of carbonyl (C=O) groups excluding carboxylic acids is 1. The summed E-state index contributed by atoms with van der Waals surface area (Å²) in [7, 11) is 0. The van der Waals surface area contributed by atoms with Crippen molar-refractivity contribution in [3.63, 3.8) is 0 Å². The molecule has 1 aliphatic heterocycles. The van der Waals surface area contributed by atoms with E-state index in [9.17, 15) is 9.90 Å². The number of hydrogen-bond acceptors (Lipinski definition) is 5. The number of benzene rings is 1. The molecule has 1 fully saturated rings. The highest BCUT2D eigenvalue weighted by Gasteiger charge is 2.38. The van der Waals surface area contributed by atoms with Crippen LogP contribution in [0.5, 0.6) is 0 Å². The summed E-state index contributed by atoms with van der Waals surface area (Å²) in [6.45, 7) is -0.189. The van der Waals surface area contributed by atoms with Crippen molar-refractivity contribution in [1.82, 2.24) is 0 Å². The van der Waals surface area contributed by atoms with E-state index in [4.69, 9.17) is 14.6 Å². The van der Waals surface area contributed by atoms with Crippen LogP contribution in [0.2, 0.25) is 0 Å². The van der Waals surface area contributed by atoms with E-state index in [1.165, 1.54) is 0 Å². The van der Waals surface area contributed by atoms with Crippen LogP contribution < -0.4 is 0 Å². The van der Waals surface area contributed by atoms with E-state index in [-0.39, 0.29) is 13.2 Å². The third-order valence-corrected chi connectivity index (χ3v) is 2.68. The molecule has 0 amide bonds. The molecular weight excluding hydrogens is 224 g/mol. The molecule has 1 heterocycles. The predicted octanol–water partition coefficient (Wildman–Crippen LogP) is -0.0360. The van der Waals surface area contributed by atoms with Gasteiger partial charge in [-0.1, -0.05) is 18.2 Å². The summed E-state index contributed by atoms with van der Waals surface area (Å²) < 4.78 is 10.2. The van der Waals surface area contributed by atoms with E-state index >= 15 is 0 Å². The number of rotatable bonds is 3. The molecule has 0 aromatic heterocycles. The molecule has 0 radical (unpaired) electrons. The summed E-state index contributed by atoms with van der Waals surface area (Å²) in [5, 5.41) is 18.6. The number of aliphatic hydroxyl groups excluding tert-OH is 2. The van der Waals surface area contributed by atoms with Gasteiger partial charge in [0.25, 0.3) is 0 Å². The van der Waals surface area contributed by atoms with Gasteiger partial charge in [-0.05, 0) is 12.1 Å². The number of hydrogen-bond donors (Lipinski definition) is 2. The van der Waals surface area contributed by atoms with Crippen LogP contribution in [0.4, 0.5) is 0 Å². The minimum atomic E-state index is -0.979. The topological polar surface area (TPSA) is 76.0 Å². The van der Waals surface area contributed by atoms with E-state index in [1.54, 1.807) is 30.3 Å². The summed E-state index contributed by atoms with van der Waals surface area (Å²) in [5.74, 6) is -0.503. The van der Waals surface area contributed by atoms with Crippen LogP contribution in [-0.4, -0.2) is 47.7 Å². The number of ether oxygens (including phenoxy) is 2. The molecule has 92 valence electrons. The van der Waals surface area contributed by atoms with Crippen molar-refractivity contribution in [2.75, 3.05) is 13.2 Å². The molecule has 2 rings (SSSR count). The molecule has 0 saturated carbocycles. The zero-order valence-electron chi connectivity index (χ0n) is 9.15. The minimum absolute atomic E-state index is 0.102. The Morgan fingerprint density at radius 2 is 2.12 bits per heavy atom. The van der Waals surface area contributed by atoms with Crippen LogP contribution in [0, 0.1) is 0 Å². The van der Waals surface area contributed by atoms with Crippen molar-refractivity contribution >= 4 is 5.97 Å². The van der Waals surface area contributed by atoms with E-state index < -0.39 is 24.3 Å². The third kappa shape index (κ3) is 2.63. The van der Waals surface area contributed by atoms with Crippen LogP contribution in [0.1, 0.15) is 10.4 Å². The molecule has 0 bridgehead atoms. The minimum Gasteiger partial charge on any atom is -0.453 e. The fraction of sp³-hybridized carbons (Fsp3) is 0.417. The molecule has 1 saturated heterocycles. The largest absolute Gasteiger partial charge is 0.453 e. The van der Waals surface area contributed by atoms with Gasteiger partial charge in [0, 0.05) is 0 Å². The van der Waals surface area contributed by atoms with E-state index in [0.29, 0.717) is 5.56 Å². The Hall–Kier alpha value is -1.43. The molecule has 2 N–H and O–H groups in total. The number of esters is 1. The van der Waals surface area contributed by atoms with Gasteiger partial charge >= 0.3 is 5.97 Å². The first kappa shape index (κ1) is 12.0. The smallest absolute Gasteiger partial charge is 0.338 e. The average Bonchev–Trinajstić information content (AvgIpc) is 2.71. The number of carbonyl (C=O) groups is 1. The van der Waals surface area contributed by atoms with Crippen LogP contribution in [0.15, 0.2) is 30.3 Å². The summed E-state index contributed by atoms with van der Waals surface area (Å²) in [6.07, 6.45) is -2.38. The maximum atomic E-state index is 11.7. The Balaban J connectivity index is 1.96. The van der Waals surface area contributed by atoms with Gasteiger partial charge in [-0.15, -0.1) is 0 Å². The second-order valence-corrected chi connectivity index (χ2v) is 3.85. The second kappa shape index (κ2) is 5.27. The molecular formula is C12H14O5. The first-order chi connectivity index (χ1) is 8.22. The van der Waals surface area contributed by atoms with Crippen LogP contribution in [0.25, 0.3) is 0 Å². The Labute approximate surface area is 98.6 Å². The van der Waals surface area contributed by atoms with Gasteiger partial charge < -0.3 is 19.7 Å². The van der Waals surface area contributed by atoms with Crippen molar-refractivity contribution in [2.45, 2.75) is 18.3 Å². The maximum absolute atomic E-state index is 11.7. The lowest BCUT2D eigenvalue weighted by Gasteiger charge is -2.16. The fourth-order valence-electron chi connectivity index (χ4n) is 1.70. The van der Waals surface area contributed by atoms with Gasteiger partial charge in [-0.2, -0.15) is 0 Å². The Morgan fingerprint density at radius 1 is 1.41 bits per heavy atom. The van der Waals surface area contributed by atoms with Crippen LogP contribution in [-0.2, 0) is 9.47 Å². The highest BCUT2D eigenvalue weighted by Crippen LogP contribution is 2.18. The quantitative estimate of drug-likeness (QED) is 0.723. The standard InChI is InChI=1S/C12H14O5/c13-6-9-11(14)10(7-16-9)17-12(15)8-4-2-1-3-5-8/h1-5,9-11,13-14H,6-7H2/t9-,10+,11-/m0/s1. The lowest BCUT2D eigenvalue weighted by Crippen LogP contribution is -2.35. The maximum Gasteiger partial charge on any atom is 0.338 e. The Morgan fingerprint density at radius 3 is 2.71 bits per heavy atom. The highest BCUT2D eigenvalue weighted by molar-refractivity contribution is 5.89. The Bertz CT molecular complexity index is 378. The van der Waals surface area contributed by atoms with E-state index in [0.717, 1.165) is 0 Å². The van der Waals surface area contributed by atoms with Crippen molar-refractivity contribution in [2.24, 2.45) is 0 Å². The van der Waals surface area contributed by atoms with Gasteiger partial charge in [-0.25, -0.2) is 4.79 Å². The zero-order valence-corrected chi connectivity index (χ0v) is 9.15. The van der Waals surface area contributed by atoms with E-state index in [1.807, 2.05) is 0 Å². The number of aliphatic hydroxyl groups is 2. The average molecular weight is 238 g/mol. The lowest BCUT2D eigenvalue weighted by molar-refractivity contribution is -0.0174. The summed E-state index contributed by atoms with van der Waals surface area (Å²) in [5.41, 5.74) is 0.423. The first-order valence-electron chi connectivity index (χ1n) is 5.39. The molecule has 1 aromatic carbocycles. The summed E-state index contributed by atoms with van der Waals surface area (Å²) in [6, 6.07) is 8.53. The van der Waals surface area contributed by atoms with Crippen LogP contribution in [0.3, 0.4) is 0 Å². The highest BCUT2D eigenvalue weighted by atomic mass is 16.6. The molecule has 5 heteroatoms. The van der Waals surface area contributed by atoms with Gasteiger partial charge in [0.1, 0.15) is 12.2 Å². The molecule has 1 aromatic rings. The zero-order chi connectivity index (χ0) is 12.3. The summed E-state index contributed by atoms with van der Waals surface area (Å²) >= 11 is 0. The Kier molecular flexibility index (Phi) is 3.73. The molecule has 0 unspecified atom stereocenters. The van der Waals surface area contributed by atoms with Crippen molar-refractivity contribution in [3.05, 3.63) is 35.9 Å². The second-order valence-electron chi connectivity index (χ2n) is 3.85. The van der Waals surface area contributed by atoms with Crippen LogP contribution >= 0.6 is 0 Å². The van der Waals surface area contributed by atoms with Gasteiger partial charge in [0.15, 0.2) is 6.10 Å². The SMILES string of the molecule is O=C(O[C@@H]1CO[C@@H](CO)[C@@H]1O)c1ccccc1. The monoisotopic (exact) mass is 238 g/mol. The normalized spacial score (nSPS) is 28.0. The predicted molar refractivity (Wildman–Crippen MR) is 58.5 cm³/mol. The third-order valence-electron chi connectivity index (χ3n) is 2.68. The fourth-order valence-corrected chi connectivity index (χ4v) is 1.70. The molecule has 5 nitrogen and oxygen atoms in total. The molecule has 3 atom stereocenters. The lowest BCUT2D eigenvalue weighted by atomic mass is 10.1. The molecule has 1 aliphatic rings. The van der Waals surface area contributed by atoms with Crippen molar-refractivity contribution < 1.29 is 24.5 Å². The van der Waals surface area contributed by atoms with Crippen molar-refractivity contribution in [1.29, 1.82) is 0 Å². The van der Waals surface area contributed by atoms with Gasteiger partial charge in [0.05, 0.1) is 18.8 Å². The first-order valence-corrected chi connectivity index (χ1v) is 5.39. The van der Waals surface area contributed by atoms with Gasteiger partial charge in [0.2, 0.25) is 0 Å². The van der Waals surface area contributed by atoms with Crippen molar-refractivity contribution in [3.8, 4) is 0 Å².